The van der Waals surface area contributed by atoms with Crippen LogP contribution in [0.2, 0.25) is 0 Å². The molecular weight excluding hydrogens is 248 g/mol. The van der Waals surface area contributed by atoms with Gasteiger partial charge < -0.3 is 10.1 Å². The minimum atomic E-state index is -0.0313. The van der Waals surface area contributed by atoms with Crippen LogP contribution in [0.5, 0.6) is 0 Å². The molecule has 0 aliphatic carbocycles. The summed E-state index contributed by atoms with van der Waals surface area (Å²) in [4.78, 5) is 15.7. The number of amidine groups is 1. The molecule has 0 atom stereocenters. The Labute approximate surface area is 111 Å². The van der Waals surface area contributed by atoms with Gasteiger partial charge in [-0.15, -0.1) is 0 Å². The Kier molecular flexibility index (Phi) is 5.23. The van der Waals surface area contributed by atoms with Crippen LogP contribution < -0.4 is 5.32 Å². The zero-order valence-corrected chi connectivity index (χ0v) is 10.9. The topological polar surface area (TPSA) is 50.7 Å². The molecule has 0 spiro atoms. The number of rotatable bonds is 5. The zero-order chi connectivity index (χ0) is 12.6. The van der Waals surface area contributed by atoms with Gasteiger partial charge in [0, 0.05) is 5.75 Å². The van der Waals surface area contributed by atoms with Crippen molar-refractivity contribution in [3.63, 3.8) is 0 Å². The number of nitrogens with zero attached hydrogens (tertiary/aromatic N) is 1. The lowest BCUT2D eigenvalue weighted by atomic mass is 10.2. The molecular formula is C13H16N2O2S. The third-order valence-electron chi connectivity index (χ3n) is 2.42. The van der Waals surface area contributed by atoms with Crippen LogP contribution in [-0.2, 0) is 16.1 Å². The highest BCUT2D eigenvalue weighted by molar-refractivity contribution is 8.14. The molecule has 1 heterocycles. The van der Waals surface area contributed by atoms with Crippen LogP contribution in [-0.4, -0.2) is 30.0 Å². The molecule has 4 nitrogen and oxygen atoms in total. The number of carbonyl (C=O) groups is 1. The Bertz CT molecular complexity index is 420. The van der Waals surface area contributed by atoms with E-state index in [0.29, 0.717) is 19.6 Å². The molecule has 0 aromatic heterocycles. The van der Waals surface area contributed by atoms with E-state index in [4.69, 9.17) is 4.74 Å². The molecule has 0 saturated carbocycles. The van der Waals surface area contributed by atoms with Crippen molar-refractivity contribution in [2.24, 2.45) is 4.99 Å². The van der Waals surface area contributed by atoms with Gasteiger partial charge in [0.2, 0.25) is 5.91 Å². The second kappa shape index (κ2) is 7.18. The molecule has 0 bridgehead atoms. The molecule has 5 heteroatoms. The first kappa shape index (κ1) is 13.1. The highest BCUT2D eigenvalue weighted by Crippen LogP contribution is 2.08. The van der Waals surface area contributed by atoms with Crippen molar-refractivity contribution in [3.8, 4) is 0 Å². The Morgan fingerprint density at radius 2 is 2.22 bits per heavy atom. The fourth-order valence-electron chi connectivity index (χ4n) is 1.52. The molecule has 0 radical (unpaired) electrons. The zero-order valence-electron chi connectivity index (χ0n) is 10.1. The van der Waals surface area contributed by atoms with E-state index in [-0.39, 0.29) is 5.91 Å². The highest BCUT2D eigenvalue weighted by Gasteiger charge is 2.10. The first-order valence-corrected chi connectivity index (χ1v) is 6.92. The average Bonchev–Trinajstić information content (AvgIpc) is 2.89. The Balaban J connectivity index is 1.59. The van der Waals surface area contributed by atoms with Crippen molar-refractivity contribution in [3.05, 3.63) is 35.9 Å². The third kappa shape index (κ3) is 4.50. The van der Waals surface area contributed by atoms with Gasteiger partial charge >= 0.3 is 0 Å². The molecule has 1 aromatic rings. The van der Waals surface area contributed by atoms with Crippen LogP contribution in [0.15, 0.2) is 35.3 Å². The monoisotopic (exact) mass is 264 g/mol. The van der Waals surface area contributed by atoms with Gasteiger partial charge in [-0.2, -0.15) is 0 Å². The number of ether oxygens (including phenoxy) is 1. The van der Waals surface area contributed by atoms with Crippen LogP contribution >= 0.6 is 11.8 Å². The van der Waals surface area contributed by atoms with E-state index < -0.39 is 0 Å². The smallest absolute Gasteiger partial charge is 0.228 e. The van der Waals surface area contributed by atoms with Crippen molar-refractivity contribution < 1.29 is 9.53 Å². The number of amides is 1. The lowest BCUT2D eigenvalue weighted by Gasteiger charge is -2.05. The van der Waals surface area contributed by atoms with Gasteiger partial charge in [-0.1, -0.05) is 42.1 Å². The average molecular weight is 264 g/mol. The standard InChI is InChI=1S/C13H16N2O2S/c16-12(15-13-14-7-9-18-13)6-8-17-10-11-4-2-1-3-5-11/h1-5H,6-10H2,(H,14,15,16). The first-order valence-electron chi connectivity index (χ1n) is 5.93. The van der Waals surface area contributed by atoms with Gasteiger partial charge in [0.05, 0.1) is 26.2 Å². The van der Waals surface area contributed by atoms with Crippen LogP contribution in [0.4, 0.5) is 0 Å². The summed E-state index contributed by atoms with van der Waals surface area (Å²) in [6.07, 6.45) is 0.367. The van der Waals surface area contributed by atoms with E-state index in [0.717, 1.165) is 23.0 Å². The Morgan fingerprint density at radius 1 is 1.39 bits per heavy atom. The van der Waals surface area contributed by atoms with Gasteiger partial charge in [-0.25, -0.2) is 0 Å². The summed E-state index contributed by atoms with van der Waals surface area (Å²) < 4.78 is 5.45. The normalized spacial score (nSPS) is 14.3. The quantitative estimate of drug-likeness (QED) is 0.825. The van der Waals surface area contributed by atoms with Crippen molar-refractivity contribution >= 4 is 22.8 Å². The first-order chi connectivity index (χ1) is 8.84. The Hall–Kier alpha value is -1.33. The van der Waals surface area contributed by atoms with E-state index in [2.05, 4.69) is 10.3 Å². The van der Waals surface area contributed by atoms with E-state index in [1.54, 1.807) is 11.8 Å². The van der Waals surface area contributed by atoms with Crippen molar-refractivity contribution in [2.75, 3.05) is 18.9 Å². The van der Waals surface area contributed by atoms with Crippen LogP contribution in [0.3, 0.4) is 0 Å². The predicted molar refractivity (Wildman–Crippen MR) is 73.6 cm³/mol. The number of carbonyl (C=O) groups excluding carboxylic acids is 1. The lowest BCUT2D eigenvalue weighted by molar-refractivity contribution is -0.120. The summed E-state index contributed by atoms with van der Waals surface area (Å²) in [6.45, 7) is 1.77. The predicted octanol–water partition coefficient (Wildman–Crippen LogP) is 1.81. The van der Waals surface area contributed by atoms with Crippen LogP contribution in [0, 0.1) is 0 Å². The molecule has 96 valence electrons. The lowest BCUT2D eigenvalue weighted by Crippen LogP contribution is -2.28. The van der Waals surface area contributed by atoms with Crippen molar-refractivity contribution in [1.82, 2.24) is 5.32 Å². The SMILES string of the molecule is O=C(CCOCc1ccccc1)NC1=NCCS1. The maximum Gasteiger partial charge on any atom is 0.228 e. The van der Waals surface area contributed by atoms with Gasteiger partial charge in [0.1, 0.15) is 0 Å². The van der Waals surface area contributed by atoms with Gasteiger partial charge in [0.15, 0.2) is 5.17 Å². The second-order valence-electron chi connectivity index (χ2n) is 3.87. The number of aliphatic imine (C=N–C) groups is 1. The largest absolute Gasteiger partial charge is 0.376 e. The van der Waals surface area contributed by atoms with Crippen molar-refractivity contribution in [2.45, 2.75) is 13.0 Å². The number of hydrogen-bond donors (Lipinski definition) is 1. The van der Waals surface area contributed by atoms with E-state index >= 15 is 0 Å². The molecule has 1 aliphatic heterocycles. The van der Waals surface area contributed by atoms with Crippen LogP contribution in [0.1, 0.15) is 12.0 Å². The van der Waals surface area contributed by atoms with E-state index in [1.807, 2.05) is 30.3 Å². The van der Waals surface area contributed by atoms with Crippen LogP contribution in [0.25, 0.3) is 0 Å². The number of hydrogen-bond acceptors (Lipinski definition) is 4. The molecule has 18 heavy (non-hydrogen) atoms. The highest BCUT2D eigenvalue weighted by atomic mass is 32.2. The summed E-state index contributed by atoms with van der Waals surface area (Å²) in [5.74, 6) is 0.927. The van der Waals surface area contributed by atoms with E-state index in [9.17, 15) is 4.79 Å². The molecule has 1 N–H and O–H groups in total. The summed E-state index contributed by atoms with van der Waals surface area (Å²) in [5, 5.41) is 3.51. The van der Waals surface area contributed by atoms with Gasteiger partial charge in [-0.3, -0.25) is 9.79 Å². The minimum Gasteiger partial charge on any atom is -0.376 e. The van der Waals surface area contributed by atoms with Gasteiger partial charge in [-0.05, 0) is 5.56 Å². The fraction of sp³-hybridized carbons (Fsp3) is 0.385. The van der Waals surface area contributed by atoms with Crippen molar-refractivity contribution in [1.29, 1.82) is 0 Å². The summed E-state index contributed by atoms with van der Waals surface area (Å²) in [7, 11) is 0. The molecule has 1 amide bonds. The molecule has 0 unspecified atom stereocenters. The number of benzene rings is 1. The molecule has 0 fully saturated rings. The molecule has 1 aliphatic rings. The summed E-state index contributed by atoms with van der Waals surface area (Å²) in [5.41, 5.74) is 1.12. The van der Waals surface area contributed by atoms with E-state index in [1.165, 1.54) is 0 Å². The number of thioether (sulfide) groups is 1. The maximum atomic E-state index is 11.5. The molecule has 2 rings (SSSR count). The minimum absolute atomic E-state index is 0.0313. The molecule has 1 aromatic carbocycles. The fourth-order valence-corrected chi connectivity index (χ4v) is 2.27. The summed E-state index contributed by atoms with van der Waals surface area (Å²) >= 11 is 1.58. The number of nitrogens with one attached hydrogen (secondary N) is 1. The molecule has 0 saturated heterocycles. The summed E-state index contributed by atoms with van der Waals surface area (Å²) in [6, 6.07) is 9.92. The van der Waals surface area contributed by atoms with Gasteiger partial charge in [0.25, 0.3) is 0 Å². The Morgan fingerprint density at radius 3 is 2.94 bits per heavy atom. The maximum absolute atomic E-state index is 11.5. The third-order valence-corrected chi connectivity index (χ3v) is 3.31. The second-order valence-corrected chi connectivity index (χ2v) is 4.96.